The molecule has 0 fully saturated rings. The Morgan fingerprint density at radius 1 is 1.28 bits per heavy atom. The molecule has 0 aliphatic carbocycles. The van der Waals surface area contributed by atoms with Crippen molar-refractivity contribution >= 4 is 23.4 Å². The highest BCUT2D eigenvalue weighted by molar-refractivity contribution is 7.99. The predicted molar refractivity (Wildman–Crippen MR) is 102 cm³/mol. The number of benzene rings is 1. The van der Waals surface area contributed by atoms with Crippen molar-refractivity contribution in [2.24, 2.45) is 0 Å². The Kier molecular flexibility index (Phi) is 5.58. The number of hydrogen-bond donors (Lipinski definition) is 1. The number of thioether (sulfide) groups is 1. The molecule has 132 valence electrons. The Hall–Kier alpha value is -2.08. The molecule has 5 nitrogen and oxygen atoms in total. The molecule has 0 bridgehead atoms. The summed E-state index contributed by atoms with van der Waals surface area (Å²) in [4.78, 5) is 23.1. The second kappa shape index (κ2) is 7.87. The zero-order valence-corrected chi connectivity index (χ0v) is 15.8. The number of nitrogens with one attached hydrogen (secondary N) is 1. The highest BCUT2D eigenvalue weighted by Gasteiger charge is 2.24. The van der Waals surface area contributed by atoms with Crippen LogP contribution in [0.1, 0.15) is 23.9 Å². The molecule has 1 amide bonds. The third kappa shape index (κ3) is 4.51. The number of anilines is 1. The van der Waals surface area contributed by atoms with E-state index in [9.17, 15) is 4.79 Å². The molecule has 1 N–H and O–H groups in total. The number of carbonyl (C=O) groups is 1. The van der Waals surface area contributed by atoms with Crippen LogP contribution in [0.25, 0.3) is 0 Å². The highest BCUT2D eigenvalue weighted by atomic mass is 32.2. The summed E-state index contributed by atoms with van der Waals surface area (Å²) in [6.45, 7) is 7.58. The summed E-state index contributed by atoms with van der Waals surface area (Å²) in [6, 6.07) is 10.9. The smallest absolute Gasteiger partial charge is 0.230 e. The SMILES string of the molecule is Cc1cc(C)nc(SCC(=O)NCCN2c3ccccc3C[C@H]2C)n1. The topological polar surface area (TPSA) is 58.1 Å². The maximum absolute atomic E-state index is 12.1. The van der Waals surface area contributed by atoms with E-state index >= 15 is 0 Å². The van der Waals surface area contributed by atoms with Gasteiger partial charge in [-0.2, -0.15) is 0 Å². The first-order valence-electron chi connectivity index (χ1n) is 8.59. The first kappa shape index (κ1) is 17.7. The lowest BCUT2D eigenvalue weighted by Gasteiger charge is -2.25. The molecule has 0 radical (unpaired) electrons. The minimum atomic E-state index is 0.0212. The molecule has 0 saturated heterocycles. The van der Waals surface area contributed by atoms with E-state index in [1.54, 1.807) is 0 Å². The second-order valence-electron chi connectivity index (χ2n) is 6.45. The Balaban J connectivity index is 1.45. The Morgan fingerprint density at radius 3 is 2.76 bits per heavy atom. The maximum atomic E-state index is 12.1. The van der Waals surface area contributed by atoms with Gasteiger partial charge >= 0.3 is 0 Å². The van der Waals surface area contributed by atoms with E-state index in [1.807, 2.05) is 19.9 Å². The zero-order valence-electron chi connectivity index (χ0n) is 15.0. The number of hydrogen-bond acceptors (Lipinski definition) is 5. The van der Waals surface area contributed by atoms with Crippen LogP contribution >= 0.6 is 11.8 Å². The van der Waals surface area contributed by atoms with Crippen LogP contribution in [0.15, 0.2) is 35.5 Å². The zero-order chi connectivity index (χ0) is 17.8. The fourth-order valence-corrected chi connectivity index (χ4v) is 4.00. The van der Waals surface area contributed by atoms with Crippen LogP contribution in [0.2, 0.25) is 0 Å². The third-order valence-corrected chi connectivity index (χ3v) is 5.16. The van der Waals surface area contributed by atoms with Gasteiger partial charge in [-0.3, -0.25) is 4.79 Å². The van der Waals surface area contributed by atoms with Crippen molar-refractivity contribution in [1.82, 2.24) is 15.3 Å². The van der Waals surface area contributed by atoms with E-state index in [4.69, 9.17) is 0 Å². The van der Waals surface area contributed by atoms with Gasteiger partial charge in [0.15, 0.2) is 5.16 Å². The lowest BCUT2D eigenvalue weighted by Crippen LogP contribution is -2.38. The Labute approximate surface area is 153 Å². The lowest BCUT2D eigenvalue weighted by molar-refractivity contribution is -0.118. The quantitative estimate of drug-likeness (QED) is 0.637. The van der Waals surface area contributed by atoms with Gasteiger partial charge in [-0.25, -0.2) is 9.97 Å². The van der Waals surface area contributed by atoms with Crippen LogP contribution in [0, 0.1) is 13.8 Å². The fourth-order valence-electron chi connectivity index (χ4n) is 3.23. The first-order valence-corrected chi connectivity index (χ1v) is 9.58. The van der Waals surface area contributed by atoms with Gasteiger partial charge in [0.25, 0.3) is 0 Å². The van der Waals surface area contributed by atoms with Crippen LogP contribution in [0.4, 0.5) is 5.69 Å². The molecule has 1 aromatic heterocycles. The van der Waals surface area contributed by atoms with E-state index in [-0.39, 0.29) is 5.91 Å². The second-order valence-corrected chi connectivity index (χ2v) is 7.39. The molecule has 3 rings (SSSR count). The van der Waals surface area contributed by atoms with Crippen molar-refractivity contribution in [1.29, 1.82) is 0 Å². The van der Waals surface area contributed by atoms with Gasteiger partial charge in [0.2, 0.25) is 5.91 Å². The minimum Gasteiger partial charge on any atom is -0.367 e. The van der Waals surface area contributed by atoms with Gasteiger partial charge in [0.1, 0.15) is 0 Å². The molecule has 0 unspecified atom stereocenters. The Bertz CT molecular complexity index is 745. The molecule has 1 aromatic carbocycles. The van der Waals surface area contributed by atoms with Gasteiger partial charge in [-0.1, -0.05) is 30.0 Å². The summed E-state index contributed by atoms with van der Waals surface area (Å²) >= 11 is 1.38. The average molecular weight is 356 g/mol. The van der Waals surface area contributed by atoms with Crippen molar-refractivity contribution in [2.75, 3.05) is 23.7 Å². The molecule has 2 aromatic rings. The fraction of sp³-hybridized carbons (Fsp3) is 0.421. The van der Waals surface area contributed by atoms with Crippen LogP contribution < -0.4 is 10.2 Å². The van der Waals surface area contributed by atoms with Gasteiger partial charge in [0, 0.05) is 36.2 Å². The van der Waals surface area contributed by atoms with Gasteiger partial charge in [-0.15, -0.1) is 0 Å². The molecule has 25 heavy (non-hydrogen) atoms. The van der Waals surface area contributed by atoms with Crippen molar-refractivity contribution in [2.45, 2.75) is 38.4 Å². The number of amides is 1. The summed E-state index contributed by atoms with van der Waals surface area (Å²) < 4.78 is 0. The molecule has 1 aliphatic rings. The number of carbonyl (C=O) groups excluding carboxylic acids is 1. The molecule has 2 heterocycles. The summed E-state index contributed by atoms with van der Waals surface area (Å²) in [5, 5.41) is 3.67. The maximum Gasteiger partial charge on any atom is 0.230 e. The van der Waals surface area contributed by atoms with Crippen molar-refractivity contribution < 1.29 is 4.79 Å². The van der Waals surface area contributed by atoms with Gasteiger partial charge < -0.3 is 10.2 Å². The van der Waals surface area contributed by atoms with E-state index in [0.29, 0.717) is 23.5 Å². The minimum absolute atomic E-state index is 0.0212. The van der Waals surface area contributed by atoms with Crippen LogP contribution in [0.3, 0.4) is 0 Å². The van der Waals surface area contributed by atoms with E-state index in [0.717, 1.165) is 24.4 Å². The Morgan fingerprint density at radius 2 is 2.00 bits per heavy atom. The standard InChI is InChI=1S/C19H24N4OS/c1-13-10-14(2)22-19(21-13)25-12-18(24)20-8-9-23-15(3)11-16-6-4-5-7-17(16)23/h4-7,10,15H,8-9,11-12H2,1-3H3,(H,20,24)/t15-/m1/s1. The third-order valence-electron chi connectivity index (χ3n) is 4.32. The molecule has 1 atom stereocenters. The molecule has 1 aliphatic heterocycles. The normalized spacial score (nSPS) is 16.0. The number of aromatic nitrogens is 2. The van der Waals surface area contributed by atoms with Crippen molar-refractivity contribution in [3.05, 3.63) is 47.3 Å². The summed E-state index contributed by atoms with van der Waals surface area (Å²) in [7, 11) is 0. The van der Waals surface area contributed by atoms with E-state index < -0.39 is 0 Å². The summed E-state index contributed by atoms with van der Waals surface area (Å²) in [5.41, 5.74) is 4.54. The highest BCUT2D eigenvalue weighted by Crippen LogP contribution is 2.31. The van der Waals surface area contributed by atoms with Crippen molar-refractivity contribution in [3.8, 4) is 0 Å². The molecule has 6 heteroatoms. The van der Waals surface area contributed by atoms with Crippen LogP contribution in [-0.2, 0) is 11.2 Å². The van der Waals surface area contributed by atoms with Crippen molar-refractivity contribution in [3.63, 3.8) is 0 Å². The molecule has 0 saturated carbocycles. The monoisotopic (exact) mass is 356 g/mol. The molecule has 0 spiro atoms. The number of rotatable bonds is 6. The number of aryl methyl sites for hydroxylation is 2. The lowest BCUT2D eigenvalue weighted by atomic mass is 10.1. The first-order chi connectivity index (χ1) is 12.0. The number of fused-ring (bicyclic) bond motifs is 1. The van der Waals surface area contributed by atoms with Gasteiger partial charge in [0.05, 0.1) is 5.75 Å². The number of para-hydroxylation sites is 1. The molecular weight excluding hydrogens is 332 g/mol. The molecular formula is C19H24N4OS. The van der Waals surface area contributed by atoms with Gasteiger partial charge in [-0.05, 0) is 44.9 Å². The van der Waals surface area contributed by atoms with Crippen LogP contribution in [0.5, 0.6) is 0 Å². The predicted octanol–water partition coefficient (Wildman–Crippen LogP) is 2.75. The summed E-state index contributed by atoms with van der Waals surface area (Å²) in [6.07, 6.45) is 1.07. The van der Waals surface area contributed by atoms with Crippen LogP contribution in [-0.4, -0.2) is 40.8 Å². The van der Waals surface area contributed by atoms with E-state index in [1.165, 1.54) is 23.0 Å². The summed E-state index contributed by atoms with van der Waals surface area (Å²) in [5.74, 6) is 0.363. The number of nitrogens with zero attached hydrogens (tertiary/aromatic N) is 3. The average Bonchev–Trinajstić information content (AvgIpc) is 2.88. The van der Waals surface area contributed by atoms with E-state index in [2.05, 4.69) is 51.4 Å². The largest absolute Gasteiger partial charge is 0.367 e.